The molecule has 8 heteroatoms. The Balaban J connectivity index is 1.75. The molecule has 0 radical (unpaired) electrons. The highest BCUT2D eigenvalue weighted by Gasteiger charge is 2.51. The number of ether oxygens (including phenoxy) is 2. The summed E-state index contributed by atoms with van der Waals surface area (Å²) >= 11 is 0. The van der Waals surface area contributed by atoms with Gasteiger partial charge in [-0.05, 0) is 27.7 Å². The monoisotopic (exact) mass is 357 g/mol. The minimum Gasteiger partial charge on any atom is -0.497 e. The number of rotatable bonds is 5. The fraction of sp³-hybridized carbons (Fsp3) is 0.444. The van der Waals surface area contributed by atoms with Crippen molar-refractivity contribution in [3.05, 3.63) is 30.6 Å². The van der Waals surface area contributed by atoms with Gasteiger partial charge >= 0.3 is 7.12 Å². The molecule has 1 fully saturated rings. The molecule has 1 aromatic heterocycles. The molecule has 3 rings (SSSR count). The highest BCUT2D eigenvalue weighted by Crippen LogP contribution is 2.36. The summed E-state index contributed by atoms with van der Waals surface area (Å²) in [7, 11) is 2.73. The van der Waals surface area contributed by atoms with Crippen molar-refractivity contribution in [2.24, 2.45) is 0 Å². The van der Waals surface area contributed by atoms with Gasteiger partial charge in [-0.1, -0.05) is 0 Å². The smallest absolute Gasteiger partial charge is 0.497 e. The summed E-state index contributed by atoms with van der Waals surface area (Å²) in [5, 5.41) is 3.14. The van der Waals surface area contributed by atoms with Gasteiger partial charge < -0.3 is 24.1 Å². The highest BCUT2D eigenvalue weighted by atomic mass is 16.7. The second-order valence-electron chi connectivity index (χ2n) is 7.15. The van der Waals surface area contributed by atoms with E-state index in [1.807, 2.05) is 39.8 Å². The molecule has 26 heavy (non-hydrogen) atoms. The van der Waals surface area contributed by atoms with E-state index in [0.717, 1.165) is 11.2 Å². The average Bonchev–Trinajstić information content (AvgIpc) is 2.82. The maximum Gasteiger partial charge on any atom is 0.498 e. The van der Waals surface area contributed by atoms with Gasteiger partial charge in [-0.2, -0.15) is 0 Å². The summed E-state index contributed by atoms with van der Waals surface area (Å²) in [6.07, 6.45) is 3.41. The predicted molar refractivity (Wildman–Crippen MR) is 101 cm³/mol. The minimum absolute atomic E-state index is 0.397. The van der Waals surface area contributed by atoms with E-state index in [0.29, 0.717) is 17.4 Å². The van der Waals surface area contributed by atoms with E-state index < -0.39 is 18.3 Å². The Bertz CT molecular complexity index is 742. The minimum atomic E-state index is -0.481. The van der Waals surface area contributed by atoms with Crippen molar-refractivity contribution < 1.29 is 18.8 Å². The van der Waals surface area contributed by atoms with Gasteiger partial charge in [-0.15, -0.1) is 0 Å². The Kier molecular flexibility index (Phi) is 4.81. The lowest BCUT2D eigenvalue weighted by Gasteiger charge is -2.32. The topological polar surface area (TPSA) is 74.7 Å². The molecule has 0 saturated carbocycles. The first-order valence-electron chi connectivity index (χ1n) is 8.42. The van der Waals surface area contributed by atoms with Crippen LogP contribution < -0.4 is 20.3 Å². The first-order valence-corrected chi connectivity index (χ1v) is 8.42. The van der Waals surface area contributed by atoms with Gasteiger partial charge in [0.1, 0.15) is 11.5 Å². The van der Waals surface area contributed by atoms with Gasteiger partial charge in [-0.25, -0.2) is 9.97 Å². The fourth-order valence-corrected chi connectivity index (χ4v) is 2.51. The van der Waals surface area contributed by atoms with E-state index >= 15 is 0 Å². The second kappa shape index (κ2) is 6.77. The van der Waals surface area contributed by atoms with E-state index in [-0.39, 0.29) is 0 Å². The van der Waals surface area contributed by atoms with Crippen molar-refractivity contribution in [3.8, 4) is 11.5 Å². The standard InChI is InChI=1S/C18H24BN3O4/c1-17(2)18(3,4)26-19(25-17)12-10-20-16(21-11-12)22-13-7-14(23-5)9-15(8-13)24-6/h7-11H,1-6H3,(H,20,21,22). The van der Waals surface area contributed by atoms with Crippen LogP contribution in [0.25, 0.3) is 0 Å². The fourth-order valence-electron chi connectivity index (χ4n) is 2.51. The van der Waals surface area contributed by atoms with Gasteiger partial charge in [0.25, 0.3) is 0 Å². The van der Waals surface area contributed by atoms with E-state index in [4.69, 9.17) is 18.8 Å². The Morgan fingerprint density at radius 2 is 1.38 bits per heavy atom. The number of aromatic nitrogens is 2. The van der Waals surface area contributed by atoms with Crippen LogP contribution in [0.15, 0.2) is 30.6 Å². The van der Waals surface area contributed by atoms with Crippen LogP contribution in [0.5, 0.6) is 11.5 Å². The number of benzene rings is 1. The Morgan fingerprint density at radius 3 is 1.85 bits per heavy atom. The Hall–Kier alpha value is -2.32. The number of methoxy groups -OCH3 is 2. The van der Waals surface area contributed by atoms with Crippen LogP contribution in [0.2, 0.25) is 0 Å². The second-order valence-corrected chi connectivity index (χ2v) is 7.15. The van der Waals surface area contributed by atoms with Crippen LogP contribution in [-0.4, -0.2) is 42.5 Å². The van der Waals surface area contributed by atoms with Gasteiger partial charge in [0.05, 0.1) is 25.4 Å². The molecule has 0 bridgehead atoms. The zero-order valence-electron chi connectivity index (χ0n) is 16.0. The largest absolute Gasteiger partial charge is 0.498 e. The normalized spacial score (nSPS) is 17.8. The SMILES string of the molecule is COc1cc(Nc2ncc(B3OC(C)(C)C(C)(C)O3)cn2)cc(OC)c1. The highest BCUT2D eigenvalue weighted by molar-refractivity contribution is 6.61. The van der Waals surface area contributed by atoms with Crippen LogP contribution in [0.1, 0.15) is 27.7 Å². The van der Waals surface area contributed by atoms with Crippen molar-refractivity contribution in [3.63, 3.8) is 0 Å². The number of nitrogens with one attached hydrogen (secondary N) is 1. The molecule has 138 valence electrons. The van der Waals surface area contributed by atoms with Crippen molar-refractivity contribution >= 4 is 24.2 Å². The molecule has 1 N–H and O–H groups in total. The zero-order valence-corrected chi connectivity index (χ0v) is 16.0. The molecule has 2 heterocycles. The lowest BCUT2D eigenvalue weighted by atomic mass is 9.81. The molecule has 1 aromatic carbocycles. The maximum absolute atomic E-state index is 6.01. The lowest BCUT2D eigenvalue weighted by molar-refractivity contribution is 0.00578. The van der Waals surface area contributed by atoms with Gasteiger partial charge in [0.15, 0.2) is 0 Å². The Morgan fingerprint density at radius 1 is 0.885 bits per heavy atom. The van der Waals surface area contributed by atoms with Gasteiger partial charge in [-0.3, -0.25) is 0 Å². The molecule has 1 saturated heterocycles. The van der Waals surface area contributed by atoms with E-state index in [2.05, 4.69) is 15.3 Å². The molecule has 1 aliphatic rings. The van der Waals surface area contributed by atoms with Gasteiger partial charge in [0, 0.05) is 41.7 Å². The molecule has 2 aromatic rings. The third-order valence-corrected chi connectivity index (χ3v) is 4.80. The molecule has 0 amide bonds. The van der Waals surface area contributed by atoms with E-state index in [9.17, 15) is 0 Å². The van der Waals surface area contributed by atoms with Crippen LogP contribution in [0.4, 0.5) is 11.6 Å². The summed E-state index contributed by atoms with van der Waals surface area (Å²) in [6, 6.07) is 5.48. The molecular formula is C18H24BN3O4. The summed E-state index contributed by atoms with van der Waals surface area (Å²) in [5.74, 6) is 1.82. The Labute approximate surface area is 154 Å². The summed E-state index contributed by atoms with van der Waals surface area (Å²) in [5.41, 5.74) is 0.749. The molecule has 0 spiro atoms. The van der Waals surface area contributed by atoms with Crippen molar-refractivity contribution in [1.82, 2.24) is 9.97 Å². The van der Waals surface area contributed by atoms with Gasteiger partial charge in [0.2, 0.25) is 5.95 Å². The molecular weight excluding hydrogens is 333 g/mol. The summed E-state index contributed by atoms with van der Waals surface area (Å²) in [6.45, 7) is 8.06. The van der Waals surface area contributed by atoms with Crippen LogP contribution in [-0.2, 0) is 9.31 Å². The lowest BCUT2D eigenvalue weighted by Crippen LogP contribution is -2.41. The molecule has 0 atom stereocenters. The first-order chi connectivity index (χ1) is 12.2. The van der Waals surface area contributed by atoms with Crippen LogP contribution >= 0.6 is 0 Å². The molecule has 0 aliphatic carbocycles. The number of hydrogen-bond acceptors (Lipinski definition) is 7. The van der Waals surface area contributed by atoms with E-state index in [1.54, 1.807) is 32.7 Å². The average molecular weight is 357 g/mol. The zero-order chi connectivity index (χ0) is 18.9. The van der Waals surface area contributed by atoms with Crippen molar-refractivity contribution in [1.29, 1.82) is 0 Å². The van der Waals surface area contributed by atoms with Crippen LogP contribution in [0.3, 0.4) is 0 Å². The van der Waals surface area contributed by atoms with E-state index in [1.165, 1.54) is 0 Å². The first kappa shape index (κ1) is 18.5. The van der Waals surface area contributed by atoms with Crippen LogP contribution in [0, 0.1) is 0 Å². The summed E-state index contributed by atoms with van der Waals surface area (Å²) in [4.78, 5) is 8.72. The third kappa shape index (κ3) is 3.61. The van der Waals surface area contributed by atoms with Crippen molar-refractivity contribution in [2.75, 3.05) is 19.5 Å². The number of hydrogen-bond donors (Lipinski definition) is 1. The molecule has 0 unspecified atom stereocenters. The predicted octanol–water partition coefficient (Wildman–Crippen LogP) is 2.54. The third-order valence-electron chi connectivity index (χ3n) is 4.80. The number of nitrogens with zero attached hydrogens (tertiary/aromatic N) is 2. The maximum atomic E-state index is 6.01. The van der Waals surface area contributed by atoms with Crippen molar-refractivity contribution in [2.45, 2.75) is 38.9 Å². The summed E-state index contributed by atoms with van der Waals surface area (Å²) < 4.78 is 22.6. The molecule has 1 aliphatic heterocycles. The number of anilines is 2. The quantitative estimate of drug-likeness (QED) is 0.825. The molecule has 7 nitrogen and oxygen atoms in total.